The molecule has 0 aromatic heterocycles. The SMILES string of the molecule is Cc1ccc(F)c(S(=O)(=O)N2CCCCC2C2CC2)c1. The minimum Gasteiger partial charge on any atom is -0.207 e. The fourth-order valence-corrected chi connectivity index (χ4v) is 5.02. The highest BCUT2D eigenvalue weighted by Crippen LogP contribution is 2.41. The van der Waals surface area contributed by atoms with E-state index in [9.17, 15) is 12.8 Å². The van der Waals surface area contributed by atoms with Crippen LogP contribution in [-0.2, 0) is 10.0 Å². The molecule has 5 heteroatoms. The van der Waals surface area contributed by atoms with Crippen LogP contribution in [0.3, 0.4) is 0 Å². The summed E-state index contributed by atoms with van der Waals surface area (Å²) in [6, 6.07) is 4.37. The number of hydrogen-bond acceptors (Lipinski definition) is 2. The van der Waals surface area contributed by atoms with Crippen LogP contribution in [0.15, 0.2) is 23.1 Å². The minimum atomic E-state index is -3.71. The molecule has 0 N–H and O–H groups in total. The number of sulfonamides is 1. The first-order chi connectivity index (χ1) is 9.50. The Labute approximate surface area is 119 Å². The highest BCUT2D eigenvalue weighted by molar-refractivity contribution is 7.89. The zero-order chi connectivity index (χ0) is 14.3. The van der Waals surface area contributed by atoms with Crippen LogP contribution in [0.5, 0.6) is 0 Å². The smallest absolute Gasteiger partial charge is 0.207 e. The predicted molar refractivity (Wildman–Crippen MR) is 75.4 cm³/mol. The maximum absolute atomic E-state index is 14.0. The van der Waals surface area contributed by atoms with Gasteiger partial charge in [0.15, 0.2) is 0 Å². The van der Waals surface area contributed by atoms with E-state index in [-0.39, 0.29) is 10.9 Å². The number of piperidine rings is 1. The maximum Gasteiger partial charge on any atom is 0.246 e. The quantitative estimate of drug-likeness (QED) is 0.860. The summed E-state index contributed by atoms with van der Waals surface area (Å²) in [5.41, 5.74) is 0.768. The van der Waals surface area contributed by atoms with Gasteiger partial charge in [0.2, 0.25) is 10.0 Å². The van der Waals surface area contributed by atoms with Gasteiger partial charge in [-0.3, -0.25) is 0 Å². The van der Waals surface area contributed by atoms with Crippen LogP contribution in [0.2, 0.25) is 0 Å². The average molecular weight is 297 g/mol. The summed E-state index contributed by atoms with van der Waals surface area (Å²) in [5.74, 6) is -0.159. The van der Waals surface area contributed by atoms with Gasteiger partial charge >= 0.3 is 0 Å². The summed E-state index contributed by atoms with van der Waals surface area (Å²) >= 11 is 0. The van der Waals surface area contributed by atoms with Gasteiger partial charge in [0, 0.05) is 12.6 Å². The molecule has 0 radical (unpaired) electrons. The van der Waals surface area contributed by atoms with E-state index in [0.29, 0.717) is 12.5 Å². The summed E-state index contributed by atoms with van der Waals surface area (Å²) in [4.78, 5) is -0.162. The topological polar surface area (TPSA) is 37.4 Å². The third kappa shape index (κ3) is 2.49. The normalized spacial score (nSPS) is 24.8. The standard InChI is InChI=1S/C15H20FNO2S/c1-11-5-8-13(16)15(10-11)20(18,19)17-9-3-2-4-14(17)12-6-7-12/h5,8,10,12,14H,2-4,6-7,9H2,1H3. The second-order valence-corrected chi connectivity index (χ2v) is 7.81. The van der Waals surface area contributed by atoms with E-state index in [1.807, 2.05) is 0 Å². The zero-order valence-corrected chi connectivity index (χ0v) is 12.5. The molecule has 20 heavy (non-hydrogen) atoms. The third-order valence-electron chi connectivity index (χ3n) is 4.34. The van der Waals surface area contributed by atoms with Crippen molar-refractivity contribution in [1.82, 2.24) is 4.31 Å². The van der Waals surface area contributed by atoms with E-state index >= 15 is 0 Å². The number of nitrogens with zero attached hydrogens (tertiary/aromatic N) is 1. The van der Waals surface area contributed by atoms with Gasteiger partial charge in [0.1, 0.15) is 10.7 Å². The van der Waals surface area contributed by atoms with Crippen LogP contribution in [0, 0.1) is 18.7 Å². The van der Waals surface area contributed by atoms with Crippen molar-refractivity contribution < 1.29 is 12.8 Å². The lowest BCUT2D eigenvalue weighted by Crippen LogP contribution is -2.45. The molecular weight excluding hydrogens is 277 g/mol. The molecule has 1 saturated carbocycles. The molecule has 1 aliphatic carbocycles. The summed E-state index contributed by atoms with van der Waals surface area (Å²) < 4.78 is 41.1. The minimum absolute atomic E-state index is 0.0775. The molecule has 1 aromatic rings. The number of aryl methyl sites for hydroxylation is 1. The van der Waals surface area contributed by atoms with Crippen molar-refractivity contribution in [2.24, 2.45) is 5.92 Å². The maximum atomic E-state index is 14.0. The van der Waals surface area contributed by atoms with Gasteiger partial charge in [-0.2, -0.15) is 4.31 Å². The van der Waals surface area contributed by atoms with Gasteiger partial charge in [0.05, 0.1) is 0 Å². The van der Waals surface area contributed by atoms with Crippen LogP contribution in [0.1, 0.15) is 37.7 Å². The molecule has 1 heterocycles. The molecule has 1 aliphatic heterocycles. The Hall–Kier alpha value is -0.940. The van der Waals surface area contributed by atoms with Crippen LogP contribution >= 0.6 is 0 Å². The molecule has 1 saturated heterocycles. The highest BCUT2D eigenvalue weighted by atomic mass is 32.2. The summed E-state index contributed by atoms with van der Waals surface area (Å²) in [7, 11) is -3.71. The molecule has 110 valence electrons. The number of benzene rings is 1. The molecule has 0 spiro atoms. The largest absolute Gasteiger partial charge is 0.246 e. The van der Waals surface area contributed by atoms with Crippen LogP contribution in [0.4, 0.5) is 4.39 Å². The zero-order valence-electron chi connectivity index (χ0n) is 11.7. The molecule has 0 bridgehead atoms. The monoisotopic (exact) mass is 297 g/mol. The fraction of sp³-hybridized carbons (Fsp3) is 0.600. The highest BCUT2D eigenvalue weighted by Gasteiger charge is 2.42. The molecule has 0 amide bonds. The molecule has 1 unspecified atom stereocenters. The molecule has 3 rings (SSSR count). The Morgan fingerprint density at radius 2 is 1.95 bits per heavy atom. The Morgan fingerprint density at radius 1 is 1.20 bits per heavy atom. The van der Waals surface area contributed by atoms with E-state index < -0.39 is 15.8 Å². The van der Waals surface area contributed by atoms with Crippen molar-refractivity contribution in [2.75, 3.05) is 6.54 Å². The van der Waals surface area contributed by atoms with Gasteiger partial charge in [-0.15, -0.1) is 0 Å². The van der Waals surface area contributed by atoms with E-state index in [1.54, 1.807) is 17.3 Å². The van der Waals surface area contributed by atoms with E-state index in [4.69, 9.17) is 0 Å². The molecule has 1 atom stereocenters. The lowest BCUT2D eigenvalue weighted by atomic mass is 10.0. The van der Waals surface area contributed by atoms with Gasteiger partial charge in [-0.05, 0) is 56.2 Å². The Kier molecular flexibility index (Phi) is 3.58. The van der Waals surface area contributed by atoms with Gasteiger partial charge in [-0.1, -0.05) is 12.5 Å². The van der Waals surface area contributed by atoms with Crippen LogP contribution in [0.25, 0.3) is 0 Å². The van der Waals surface area contributed by atoms with Crippen molar-refractivity contribution in [3.8, 4) is 0 Å². The van der Waals surface area contributed by atoms with E-state index in [2.05, 4.69) is 0 Å². The molecule has 2 aliphatic rings. The summed E-state index contributed by atoms with van der Waals surface area (Å²) in [5, 5.41) is 0. The van der Waals surface area contributed by atoms with Gasteiger partial charge in [0.25, 0.3) is 0 Å². The summed E-state index contributed by atoms with van der Waals surface area (Å²) in [6.45, 7) is 2.31. The van der Waals surface area contributed by atoms with Gasteiger partial charge < -0.3 is 0 Å². The Balaban J connectivity index is 1.99. The second kappa shape index (κ2) is 5.11. The van der Waals surface area contributed by atoms with E-state index in [0.717, 1.165) is 37.7 Å². The van der Waals surface area contributed by atoms with Crippen molar-refractivity contribution in [2.45, 2.75) is 50.0 Å². The first kappa shape index (κ1) is 14.0. The summed E-state index contributed by atoms with van der Waals surface area (Å²) in [6.07, 6.45) is 5.07. The molecule has 1 aromatic carbocycles. The Bertz CT molecular complexity index is 610. The molecule has 3 nitrogen and oxygen atoms in total. The van der Waals surface area contributed by atoms with Crippen LogP contribution < -0.4 is 0 Å². The van der Waals surface area contributed by atoms with Crippen molar-refractivity contribution >= 4 is 10.0 Å². The second-order valence-electron chi connectivity index (χ2n) is 5.95. The lowest BCUT2D eigenvalue weighted by molar-refractivity contribution is 0.228. The number of rotatable bonds is 3. The van der Waals surface area contributed by atoms with Gasteiger partial charge in [-0.25, -0.2) is 12.8 Å². The molecule has 2 fully saturated rings. The predicted octanol–water partition coefficient (Wildman–Crippen LogP) is 3.09. The fourth-order valence-electron chi connectivity index (χ4n) is 3.12. The van der Waals surface area contributed by atoms with Crippen molar-refractivity contribution in [3.05, 3.63) is 29.6 Å². The first-order valence-corrected chi connectivity index (χ1v) is 8.72. The van der Waals surface area contributed by atoms with Crippen molar-refractivity contribution in [3.63, 3.8) is 0 Å². The Morgan fingerprint density at radius 3 is 2.65 bits per heavy atom. The van der Waals surface area contributed by atoms with E-state index in [1.165, 1.54) is 12.1 Å². The average Bonchev–Trinajstić information content (AvgIpc) is 3.26. The van der Waals surface area contributed by atoms with Crippen LogP contribution in [-0.4, -0.2) is 25.3 Å². The lowest BCUT2D eigenvalue weighted by Gasteiger charge is -2.35. The first-order valence-electron chi connectivity index (χ1n) is 7.28. The number of hydrogen-bond donors (Lipinski definition) is 0. The third-order valence-corrected chi connectivity index (χ3v) is 6.28. The molecular formula is C15H20FNO2S. The number of halogens is 1. The van der Waals surface area contributed by atoms with Crippen molar-refractivity contribution in [1.29, 1.82) is 0 Å².